The molecule has 1 aliphatic carbocycles. The number of ether oxygens (including phenoxy) is 4. The molecule has 0 bridgehead atoms. The zero-order valence-electron chi connectivity index (χ0n) is 24.3. The average molecular weight is 550 g/mol. The van der Waals surface area contributed by atoms with E-state index in [1.54, 1.807) is 14.2 Å². The van der Waals surface area contributed by atoms with Gasteiger partial charge in [-0.25, -0.2) is 4.68 Å². The highest BCUT2D eigenvalue weighted by atomic mass is 16.5. The van der Waals surface area contributed by atoms with Crippen molar-refractivity contribution in [3.8, 4) is 11.5 Å². The van der Waals surface area contributed by atoms with Gasteiger partial charge in [0.25, 0.3) is 0 Å². The first kappa shape index (κ1) is 28.4. The Morgan fingerprint density at radius 2 is 1.95 bits per heavy atom. The predicted octanol–water partition coefficient (Wildman–Crippen LogP) is 5.35. The first-order valence-electron chi connectivity index (χ1n) is 14.5. The Labute approximate surface area is 237 Å². The quantitative estimate of drug-likeness (QED) is 0.280. The van der Waals surface area contributed by atoms with E-state index in [0.29, 0.717) is 25.0 Å². The first-order valence-corrected chi connectivity index (χ1v) is 14.5. The molecular weight excluding hydrogens is 506 g/mol. The summed E-state index contributed by atoms with van der Waals surface area (Å²) < 4.78 is 25.3. The van der Waals surface area contributed by atoms with Gasteiger partial charge in [0.05, 0.1) is 38.1 Å². The Bertz CT molecular complexity index is 1220. The first-order chi connectivity index (χ1) is 19.6. The molecule has 0 amide bonds. The van der Waals surface area contributed by atoms with E-state index in [-0.39, 0.29) is 12.1 Å². The zero-order valence-corrected chi connectivity index (χ0v) is 24.3. The second kappa shape index (κ2) is 13.5. The fourth-order valence-corrected chi connectivity index (χ4v) is 6.32. The minimum atomic E-state index is 0.153. The molecule has 4 atom stereocenters. The number of tetrazole rings is 1. The van der Waals surface area contributed by atoms with E-state index in [1.165, 1.54) is 11.1 Å². The third-order valence-corrected chi connectivity index (χ3v) is 8.41. The highest BCUT2D eigenvalue weighted by Gasteiger charge is 2.33. The summed E-state index contributed by atoms with van der Waals surface area (Å²) in [6.45, 7) is 8.10. The van der Waals surface area contributed by atoms with E-state index < -0.39 is 0 Å². The number of nitrogens with zero attached hydrogens (tertiary/aromatic N) is 5. The van der Waals surface area contributed by atoms with Crippen LogP contribution in [-0.4, -0.2) is 66.8 Å². The summed E-state index contributed by atoms with van der Waals surface area (Å²) >= 11 is 0. The number of aromatic nitrogens is 4. The molecule has 2 aromatic carbocycles. The Hall–Kier alpha value is -3.17. The van der Waals surface area contributed by atoms with Crippen LogP contribution < -0.4 is 14.4 Å². The van der Waals surface area contributed by atoms with Crippen LogP contribution >= 0.6 is 0 Å². The van der Waals surface area contributed by atoms with E-state index in [9.17, 15) is 0 Å². The lowest BCUT2D eigenvalue weighted by atomic mass is 9.74. The van der Waals surface area contributed by atoms with Gasteiger partial charge in [-0.3, -0.25) is 0 Å². The molecule has 216 valence electrons. The number of hydrogen-bond acceptors (Lipinski definition) is 8. The topological polar surface area (TPSA) is 83.8 Å². The minimum Gasteiger partial charge on any atom is -0.497 e. The number of anilines is 1. The molecule has 40 heavy (non-hydrogen) atoms. The summed E-state index contributed by atoms with van der Waals surface area (Å²) in [4.78, 5) is 2.40. The second-order valence-electron chi connectivity index (χ2n) is 11.1. The van der Waals surface area contributed by atoms with Gasteiger partial charge >= 0.3 is 0 Å². The number of rotatable bonds is 12. The molecule has 2 heterocycles. The molecule has 9 nitrogen and oxygen atoms in total. The van der Waals surface area contributed by atoms with Gasteiger partial charge < -0.3 is 23.8 Å². The maximum absolute atomic E-state index is 6.71. The fourth-order valence-electron chi connectivity index (χ4n) is 6.32. The minimum absolute atomic E-state index is 0.153. The molecule has 1 aliphatic heterocycles. The van der Waals surface area contributed by atoms with Crippen molar-refractivity contribution in [2.45, 2.75) is 70.6 Å². The Morgan fingerprint density at radius 3 is 2.70 bits per heavy atom. The van der Waals surface area contributed by atoms with Crippen molar-refractivity contribution in [2.75, 3.05) is 45.4 Å². The normalized spacial score (nSPS) is 21.5. The van der Waals surface area contributed by atoms with Crippen LogP contribution in [0.15, 0.2) is 42.5 Å². The molecular formula is C31H43N5O4. The van der Waals surface area contributed by atoms with Crippen LogP contribution in [0.4, 0.5) is 5.69 Å². The lowest BCUT2D eigenvalue weighted by molar-refractivity contribution is -0.0107. The fraction of sp³-hybridized carbons (Fsp3) is 0.581. The van der Waals surface area contributed by atoms with E-state index in [4.69, 9.17) is 18.9 Å². The van der Waals surface area contributed by atoms with Gasteiger partial charge in [0.2, 0.25) is 0 Å². The molecule has 9 heteroatoms. The van der Waals surface area contributed by atoms with Crippen molar-refractivity contribution < 1.29 is 18.9 Å². The van der Waals surface area contributed by atoms with Crippen molar-refractivity contribution in [2.24, 2.45) is 5.92 Å². The lowest BCUT2D eigenvalue weighted by Crippen LogP contribution is -2.34. The van der Waals surface area contributed by atoms with Crippen LogP contribution in [0.5, 0.6) is 11.5 Å². The molecule has 3 aromatic rings. The largest absolute Gasteiger partial charge is 0.497 e. The summed E-state index contributed by atoms with van der Waals surface area (Å²) in [6, 6.07) is 15.3. The SMILES string of the molecule is COCCCN1CCOc2ccc(CO[C@H]3CC[C@@H](C[C@@H](C)n4nnnc4C)C[C@@H]3c3ccc(OC)cc3)cc21. The van der Waals surface area contributed by atoms with E-state index in [1.807, 2.05) is 11.6 Å². The van der Waals surface area contributed by atoms with Gasteiger partial charge in [-0.1, -0.05) is 18.2 Å². The van der Waals surface area contributed by atoms with E-state index in [2.05, 4.69) is 69.8 Å². The van der Waals surface area contributed by atoms with Gasteiger partial charge in [-0.2, -0.15) is 0 Å². The summed E-state index contributed by atoms with van der Waals surface area (Å²) in [5.74, 6) is 3.59. The van der Waals surface area contributed by atoms with Gasteiger partial charge in [-0.15, -0.1) is 5.10 Å². The molecule has 0 spiro atoms. The summed E-state index contributed by atoms with van der Waals surface area (Å²) in [7, 11) is 3.47. The van der Waals surface area contributed by atoms with Crippen molar-refractivity contribution in [3.63, 3.8) is 0 Å². The van der Waals surface area contributed by atoms with Crippen molar-refractivity contribution in [1.82, 2.24) is 20.2 Å². The van der Waals surface area contributed by atoms with Crippen molar-refractivity contribution in [3.05, 3.63) is 59.4 Å². The summed E-state index contributed by atoms with van der Waals surface area (Å²) in [5, 5.41) is 12.1. The number of aryl methyl sites for hydroxylation is 1. The maximum Gasteiger partial charge on any atom is 0.148 e. The van der Waals surface area contributed by atoms with Gasteiger partial charge in [0.15, 0.2) is 0 Å². The van der Waals surface area contributed by atoms with Gasteiger partial charge in [-0.05, 0) is 97.7 Å². The number of methoxy groups -OCH3 is 2. The van der Waals surface area contributed by atoms with Crippen LogP contribution in [0.2, 0.25) is 0 Å². The van der Waals surface area contributed by atoms with Gasteiger partial charge in [0.1, 0.15) is 23.9 Å². The Morgan fingerprint density at radius 1 is 1.10 bits per heavy atom. The summed E-state index contributed by atoms with van der Waals surface area (Å²) in [6.07, 6.45) is 5.44. The lowest BCUT2D eigenvalue weighted by Gasteiger charge is -2.37. The highest BCUT2D eigenvalue weighted by Crippen LogP contribution is 2.42. The molecule has 0 radical (unpaired) electrons. The molecule has 0 unspecified atom stereocenters. The molecule has 0 saturated heterocycles. The van der Waals surface area contributed by atoms with Gasteiger partial charge in [0, 0.05) is 26.2 Å². The molecule has 2 aliphatic rings. The monoisotopic (exact) mass is 549 g/mol. The number of benzene rings is 2. The Balaban J connectivity index is 1.28. The molecule has 0 N–H and O–H groups in total. The third kappa shape index (κ3) is 6.75. The molecule has 5 rings (SSSR count). The predicted molar refractivity (Wildman–Crippen MR) is 154 cm³/mol. The van der Waals surface area contributed by atoms with E-state index in [0.717, 1.165) is 74.8 Å². The van der Waals surface area contributed by atoms with Crippen LogP contribution in [0.1, 0.15) is 67.9 Å². The maximum atomic E-state index is 6.71. The van der Waals surface area contributed by atoms with Crippen LogP contribution in [-0.2, 0) is 16.1 Å². The number of hydrogen-bond donors (Lipinski definition) is 0. The number of fused-ring (bicyclic) bond motifs is 1. The second-order valence-corrected chi connectivity index (χ2v) is 11.1. The molecule has 1 saturated carbocycles. The zero-order chi connectivity index (χ0) is 27.9. The van der Waals surface area contributed by atoms with Crippen molar-refractivity contribution in [1.29, 1.82) is 0 Å². The standard InChI is InChI=1S/C31H43N5O4/c1-22(36-23(2)32-33-34-36)18-24-6-12-30(28(19-24)26-8-10-27(38-4)11-9-26)40-21-25-7-13-31-29(20-25)35(15-17-39-31)14-5-16-37-3/h7-11,13,20,22,24,28,30H,5-6,12,14-19,21H2,1-4H3/t22-,24+,28-,30+/m1/s1. The molecule has 1 aromatic heterocycles. The highest BCUT2D eigenvalue weighted by molar-refractivity contribution is 5.61. The van der Waals surface area contributed by atoms with Crippen LogP contribution in [0.25, 0.3) is 0 Å². The smallest absolute Gasteiger partial charge is 0.148 e. The Kier molecular flexibility index (Phi) is 9.54. The van der Waals surface area contributed by atoms with Crippen LogP contribution in [0.3, 0.4) is 0 Å². The summed E-state index contributed by atoms with van der Waals surface area (Å²) in [5.41, 5.74) is 3.65. The van der Waals surface area contributed by atoms with Crippen molar-refractivity contribution >= 4 is 5.69 Å². The third-order valence-electron chi connectivity index (χ3n) is 8.41. The average Bonchev–Trinajstić information content (AvgIpc) is 3.42. The molecule has 1 fully saturated rings. The van der Waals surface area contributed by atoms with E-state index >= 15 is 0 Å². The van der Waals surface area contributed by atoms with Crippen LogP contribution in [0, 0.1) is 12.8 Å².